The quantitative estimate of drug-likeness (QED) is 0.323. The molecule has 1 atom stereocenters. The molecule has 2 aliphatic rings. The van der Waals surface area contributed by atoms with Crippen LogP contribution in [0.15, 0.2) is 60.4 Å². The van der Waals surface area contributed by atoms with Gasteiger partial charge in [0.15, 0.2) is 24.6 Å². The summed E-state index contributed by atoms with van der Waals surface area (Å²) in [6.07, 6.45) is 1.38. The van der Waals surface area contributed by atoms with Crippen LogP contribution in [0, 0.1) is 0 Å². The Labute approximate surface area is 237 Å². The van der Waals surface area contributed by atoms with Crippen LogP contribution in [0.25, 0.3) is 5.57 Å². The second-order valence-electron chi connectivity index (χ2n) is 10.4. The van der Waals surface area contributed by atoms with Gasteiger partial charge in [-0.05, 0) is 59.4 Å². The molecule has 206 valence electrons. The first-order valence-corrected chi connectivity index (χ1v) is 13.6. The molecule has 2 aromatic heterocycles. The molecule has 0 radical (unpaired) electrons. The predicted octanol–water partition coefficient (Wildman–Crippen LogP) is 5.98. The predicted molar refractivity (Wildman–Crippen MR) is 151 cm³/mol. The van der Waals surface area contributed by atoms with E-state index in [0.29, 0.717) is 13.1 Å². The van der Waals surface area contributed by atoms with E-state index < -0.39 is 16.9 Å². The Balaban J connectivity index is 1.39. The number of hydrogen-bond acceptors (Lipinski definition) is 4. The van der Waals surface area contributed by atoms with Gasteiger partial charge in [-0.1, -0.05) is 29.3 Å². The lowest BCUT2D eigenvalue weighted by Gasteiger charge is -2.36. The van der Waals surface area contributed by atoms with Gasteiger partial charge < -0.3 is 9.80 Å². The minimum absolute atomic E-state index is 0.146. The van der Waals surface area contributed by atoms with Crippen LogP contribution >= 0.6 is 23.2 Å². The molecule has 1 unspecified atom stereocenters. The van der Waals surface area contributed by atoms with Crippen LogP contribution in [0.4, 0.5) is 24.7 Å². The highest BCUT2D eigenvalue weighted by Crippen LogP contribution is 2.42. The topological polar surface area (TPSA) is 26.5 Å². The standard InChI is InChI=1S/C29H31Cl2F3N5/c1-36(2)21-8-11-38(12-9-21)18-26-24-16-19-4-5-20(30)17-23(19)22(24)10-13-39(26)15-14-37(3)27-7-6-25(31)28(35-27)29(32,33)34/h4-9,11-12,17,26H,10,13-16,18H2,1-3H3/q+1. The van der Waals surface area contributed by atoms with Gasteiger partial charge in [0.1, 0.15) is 5.82 Å². The number of halogens is 5. The van der Waals surface area contributed by atoms with Crippen molar-refractivity contribution in [3.8, 4) is 0 Å². The zero-order valence-electron chi connectivity index (χ0n) is 22.1. The lowest BCUT2D eigenvalue weighted by atomic mass is 9.92. The van der Waals surface area contributed by atoms with Crippen LogP contribution in [-0.2, 0) is 19.1 Å². The summed E-state index contributed by atoms with van der Waals surface area (Å²) in [4.78, 5) is 10.1. The molecular formula is C29H31Cl2F3N5+. The molecule has 3 heterocycles. The molecule has 0 saturated carbocycles. The molecule has 1 aliphatic heterocycles. The minimum atomic E-state index is -4.60. The Morgan fingerprint density at radius 3 is 2.49 bits per heavy atom. The van der Waals surface area contributed by atoms with Crippen LogP contribution < -0.4 is 14.4 Å². The zero-order valence-corrected chi connectivity index (χ0v) is 23.7. The molecule has 5 rings (SSSR count). The summed E-state index contributed by atoms with van der Waals surface area (Å²) in [6.45, 7) is 2.82. The number of nitrogens with zero attached hydrogens (tertiary/aromatic N) is 5. The number of aromatic nitrogens is 2. The van der Waals surface area contributed by atoms with Crippen molar-refractivity contribution in [3.63, 3.8) is 0 Å². The fraction of sp³-hybridized carbons (Fsp3) is 0.379. The third-order valence-electron chi connectivity index (χ3n) is 7.64. The van der Waals surface area contributed by atoms with E-state index in [9.17, 15) is 13.2 Å². The van der Waals surface area contributed by atoms with E-state index in [4.69, 9.17) is 23.2 Å². The van der Waals surface area contributed by atoms with Crippen LogP contribution in [-0.4, -0.2) is 56.7 Å². The molecule has 0 N–H and O–H groups in total. The number of anilines is 2. The van der Waals surface area contributed by atoms with Gasteiger partial charge in [-0.25, -0.2) is 9.55 Å². The van der Waals surface area contributed by atoms with E-state index in [-0.39, 0.29) is 11.9 Å². The number of hydrogen-bond donors (Lipinski definition) is 0. The number of alkyl halides is 3. The summed E-state index contributed by atoms with van der Waals surface area (Å²) >= 11 is 12.1. The molecule has 0 amide bonds. The maximum Gasteiger partial charge on any atom is 0.434 e. The van der Waals surface area contributed by atoms with Gasteiger partial charge in [-0.3, -0.25) is 4.90 Å². The smallest absolute Gasteiger partial charge is 0.377 e. The van der Waals surface area contributed by atoms with Crippen molar-refractivity contribution in [2.24, 2.45) is 0 Å². The molecule has 1 aliphatic carbocycles. The first kappa shape index (κ1) is 27.7. The number of likely N-dealkylation sites (N-methyl/N-ethyl adjacent to an activating group) is 1. The van der Waals surface area contributed by atoms with E-state index in [1.807, 2.05) is 20.2 Å². The zero-order chi connectivity index (χ0) is 27.9. The van der Waals surface area contributed by atoms with E-state index in [2.05, 4.69) is 56.0 Å². The van der Waals surface area contributed by atoms with Gasteiger partial charge in [0.2, 0.25) is 0 Å². The van der Waals surface area contributed by atoms with E-state index >= 15 is 0 Å². The first-order valence-electron chi connectivity index (χ1n) is 12.9. The SMILES string of the molecule is CN(C)c1cc[n+](CC2C3=C(CCN2CCN(C)c2ccc(Cl)c(C(F)(F)F)n2)c2cc(Cl)ccc2C3)cc1. The normalized spacial score (nSPS) is 17.3. The molecular weight excluding hydrogens is 546 g/mol. The van der Waals surface area contributed by atoms with Crippen molar-refractivity contribution in [2.45, 2.75) is 31.6 Å². The van der Waals surface area contributed by atoms with Crippen molar-refractivity contribution in [2.75, 3.05) is 50.6 Å². The molecule has 0 bridgehead atoms. The lowest BCUT2D eigenvalue weighted by molar-refractivity contribution is -0.700. The molecule has 5 nitrogen and oxygen atoms in total. The number of fused-ring (bicyclic) bond motifs is 2. The van der Waals surface area contributed by atoms with Crippen molar-refractivity contribution in [1.82, 2.24) is 9.88 Å². The Hall–Kier alpha value is -2.81. The highest BCUT2D eigenvalue weighted by Gasteiger charge is 2.38. The molecule has 39 heavy (non-hydrogen) atoms. The van der Waals surface area contributed by atoms with Gasteiger partial charge in [-0.15, -0.1) is 0 Å². The molecule has 10 heteroatoms. The molecule has 0 spiro atoms. The van der Waals surface area contributed by atoms with Crippen LogP contribution in [0.3, 0.4) is 0 Å². The van der Waals surface area contributed by atoms with Crippen LogP contribution in [0.2, 0.25) is 10.0 Å². The average Bonchev–Trinajstić information content (AvgIpc) is 3.26. The minimum Gasteiger partial charge on any atom is -0.377 e. The average molecular weight is 578 g/mol. The molecule has 0 saturated heterocycles. The second-order valence-corrected chi connectivity index (χ2v) is 11.2. The Morgan fingerprint density at radius 2 is 1.79 bits per heavy atom. The number of pyridine rings is 2. The summed E-state index contributed by atoms with van der Waals surface area (Å²) in [5.74, 6) is 0.247. The summed E-state index contributed by atoms with van der Waals surface area (Å²) in [7, 11) is 5.80. The third-order valence-corrected chi connectivity index (χ3v) is 8.18. The number of benzene rings is 1. The Bertz CT molecular complexity index is 1390. The molecule has 3 aromatic rings. The van der Waals surface area contributed by atoms with Crippen LogP contribution in [0.5, 0.6) is 0 Å². The van der Waals surface area contributed by atoms with E-state index in [0.717, 1.165) is 36.6 Å². The Kier molecular flexibility index (Phi) is 7.82. The highest BCUT2D eigenvalue weighted by molar-refractivity contribution is 6.31. The summed E-state index contributed by atoms with van der Waals surface area (Å²) < 4.78 is 42.3. The monoisotopic (exact) mass is 576 g/mol. The molecule has 0 fully saturated rings. The Morgan fingerprint density at radius 1 is 1.05 bits per heavy atom. The maximum atomic E-state index is 13.4. The summed E-state index contributed by atoms with van der Waals surface area (Å²) in [5, 5.41) is 0.346. The highest BCUT2D eigenvalue weighted by atomic mass is 35.5. The third kappa shape index (κ3) is 5.88. The largest absolute Gasteiger partial charge is 0.434 e. The summed E-state index contributed by atoms with van der Waals surface area (Å²) in [6, 6.07) is 13.3. The van der Waals surface area contributed by atoms with E-state index in [1.165, 1.54) is 34.4 Å². The fourth-order valence-electron chi connectivity index (χ4n) is 5.51. The van der Waals surface area contributed by atoms with Crippen LogP contribution in [0.1, 0.15) is 23.2 Å². The number of rotatable bonds is 7. The van der Waals surface area contributed by atoms with Gasteiger partial charge in [-0.2, -0.15) is 13.2 Å². The van der Waals surface area contributed by atoms with Crippen molar-refractivity contribution >= 4 is 40.3 Å². The summed E-state index contributed by atoms with van der Waals surface area (Å²) in [5.41, 5.74) is 5.39. The fourth-order valence-corrected chi connectivity index (χ4v) is 5.90. The second kappa shape index (κ2) is 11.0. The van der Waals surface area contributed by atoms with Crippen molar-refractivity contribution in [3.05, 3.63) is 87.3 Å². The van der Waals surface area contributed by atoms with Gasteiger partial charge >= 0.3 is 6.18 Å². The maximum absolute atomic E-state index is 13.4. The van der Waals surface area contributed by atoms with Crippen molar-refractivity contribution in [1.29, 1.82) is 0 Å². The lowest BCUT2D eigenvalue weighted by Crippen LogP contribution is -2.52. The van der Waals surface area contributed by atoms with Gasteiger partial charge in [0.05, 0.1) is 11.1 Å². The van der Waals surface area contributed by atoms with Gasteiger partial charge in [0.25, 0.3) is 0 Å². The molecule has 1 aromatic carbocycles. The van der Waals surface area contributed by atoms with Crippen molar-refractivity contribution < 1.29 is 17.7 Å². The van der Waals surface area contributed by atoms with Gasteiger partial charge in [0, 0.05) is 63.6 Å². The first-order chi connectivity index (χ1) is 18.5. The van der Waals surface area contributed by atoms with E-state index in [1.54, 1.807) is 11.9 Å².